The van der Waals surface area contributed by atoms with Crippen LogP contribution in [0.15, 0.2) is 48.5 Å². The number of anilines is 1. The highest BCUT2D eigenvalue weighted by Gasteiger charge is 2.11. The SMILES string of the molecule is CN(Cc1ccccc1F)C(=O)Nc1cccc(Cl)c1. The monoisotopic (exact) mass is 292 g/mol. The number of rotatable bonds is 3. The molecule has 20 heavy (non-hydrogen) atoms. The molecule has 0 atom stereocenters. The molecule has 2 aromatic carbocycles. The molecule has 0 aliphatic heterocycles. The van der Waals surface area contributed by atoms with Gasteiger partial charge in [0, 0.05) is 29.9 Å². The third-order valence-electron chi connectivity index (χ3n) is 2.79. The average molecular weight is 293 g/mol. The molecule has 0 saturated carbocycles. The lowest BCUT2D eigenvalue weighted by Gasteiger charge is -2.18. The Kier molecular flexibility index (Phi) is 4.58. The van der Waals surface area contributed by atoms with E-state index in [0.29, 0.717) is 16.3 Å². The van der Waals surface area contributed by atoms with Gasteiger partial charge >= 0.3 is 6.03 Å². The van der Waals surface area contributed by atoms with E-state index < -0.39 is 0 Å². The number of nitrogens with one attached hydrogen (secondary N) is 1. The molecule has 0 aromatic heterocycles. The highest BCUT2D eigenvalue weighted by atomic mass is 35.5. The summed E-state index contributed by atoms with van der Waals surface area (Å²) in [5.74, 6) is -0.324. The summed E-state index contributed by atoms with van der Waals surface area (Å²) < 4.78 is 13.5. The van der Waals surface area contributed by atoms with Crippen LogP contribution >= 0.6 is 11.6 Å². The van der Waals surface area contributed by atoms with Crippen LogP contribution < -0.4 is 5.32 Å². The van der Waals surface area contributed by atoms with E-state index in [9.17, 15) is 9.18 Å². The lowest BCUT2D eigenvalue weighted by molar-refractivity contribution is 0.220. The van der Waals surface area contributed by atoms with Crippen LogP contribution in [-0.4, -0.2) is 18.0 Å². The Bertz CT molecular complexity index is 618. The smallest absolute Gasteiger partial charge is 0.321 e. The number of nitrogens with zero attached hydrogens (tertiary/aromatic N) is 1. The van der Waals surface area contributed by atoms with Crippen molar-refractivity contribution in [1.29, 1.82) is 0 Å². The normalized spacial score (nSPS) is 10.2. The van der Waals surface area contributed by atoms with Gasteiger partial charge in [0.15, 0.2) is 0 Å². The summed E-state index contributed by atoms with van der Waals surface area (Å²) in [6, 6.07) is 12.9. The largest absolute Gasteiger partial charge is 0.323 e. The first-order valence-electron chi connectivity index (χ1n) is 6.07. The Morgan fingerprint density at radius 2 is 2.00 bits per heavy atom. The summed E-state index contributed by atoms with van der Waals surface area (Å²) in [5.41, 5.74) is 1.07. The number of carbonyl (C=O) groups excluding carboxylic acids is 1. The molecular weight excluding hydrogens is 279 g/mol. The minimum absolute atomic E-state index is 0.194. The molecule has 0 saturated heterocycles. The van der Waals surface area contributed by atoms with Crippen molar-refractivity contribution in [2.24, 2.45) is 0 Å². The summed E-state index contributed by atoms with van der Waals surface area (Å²) in [6.07, 6.45) is 0. The topological polar surface area (TPSA) is 32.3 Å². The van der Waals surface area contributed by atoms with Crippen LogP contribution in [0.25, 0.3) is 0 Å². The second kappa shape index (κ2) is 6.39. The first-order valence-corrected chi connectivity index (χ1v) is 6.45. The quantitative estimate of drug-likeness (QED) is 0.906. The summed E-state index contributed by atoms with van der Waals surface area (Å²) >= 11 is 5.84. The first-order chi connectivity index (χ1) is 9.56. The van der Waals surface area contributed by atoms with Crippen LogP contribution in [0.1, 0.15) is 5.56 Å². The number of benzene rings is 2. The molecule has 2 rings (SSSR count). The Morgan fingerprint density at radius 1 is 1.25 bits per heavy atom. The number of carbonyl (C=O) groups is 1. The zero-order chi connectivity index (χ0) is 14.5. The van der Waals surface area contributed by atoms with Crippen molar-refractivity contribution in [1.82, 2.24) is 4.90 Å². The van der Waals surface area contributed by atoms with Crippen LogP contribution in [-0.2, 0) is 6.54 Å². The maximum Gasteiger partial charge on any atom is 0.321 e. The van der Waals surface area contributed by atoms with E-state index in [2.05, 4.69) is 5.32 Å². The van der Waals surface area contributed by atoms with Crippen molar-refractivity contribution in [2.45, 2.75) is 6.54 Å². The minimum atomic E-state index is -0.324. The predicted molar refractivity (Wildman–Crippen MR) is 78.3 cm³/mol. The molecule has 2 amide bonds. The number of hydrogen-bond donors (Lipinski definition) is 1. The standard InChI is InChI=1S/C15H14ClFN2O/c1-19(10-11-5-2-3-8-14(11)17)15(20)18-13-7-4-6-12(16)9-13/h2-9H,10H2,1H3,(H,18,20). The van der Waals surface area contributed by atoms with Gasteiger partial charge in [-0.3, -0.25) is 0 Å². The third kappa shape index (κ3) is 3.71. The second-order valence-electron chi connectivity index (χ2n) is 4.39. The summed E-state index contributed by atoms with van der Waals surface area (Å²) in [6.45, 7) is 0.194. The van der Waals surface area contributed by atoms with Crippen LogP contribution in [0.2, 0.25) is 5.02 Å². The van der Waals surface area contributed by atoms with Crippen molar-refractivity contribution in [3.8, 4) is 0 Å². The van der Waals surface area contributed by atoms with Gasteiger partial charge < -0.3 is 10.2 Å². The van der Waals surface area contributed by atoms with Crippen molar-refractivity contribution < 1.29 is 9.18 Å². The van der Waals surface area contributed by atoms with Crippen LogP contribution in [0.5, 0.6) is 0 Å². The number of hydrogen-bond acceptors (Lipinski definition) is 1. The fourth-order valence-corrected chi connectivity index (χ4v) is 1.93. The van der Waals surface area contributed by atoms with Crippen LogP contribution in [0, 0.1) is 5.82 Å². The maximum absolute atomic E-state index is 13.5. The minimum Gasteiger partial charge on any atom is -0.323 e. The molecule has 0 aliphatic carbocycles. The van der Waals surface area contributed by atoms with Gasteiger partial charge in [-0.1, -0.05) is 35.9 Å². The van der Waals surface area contributed by atoms with E-state index in [-0.39, 0.29) is 18.4 Å². The van der Waals surface area contributed by atoms with Crippen molar-refractivity contribution in [3.05, 3.63) is 64.9 Å². The van der Waals surface area contributed by atoms with Gasteiger partial charge in [0.25, 0.3) is 0 Å². The van der Waals surface area contributed by atoms with Crippen LogP contribution in [0.4, 0.5) is 14.9 Å². The summed E-state index contributed by atoms with van der Waals surface area (Å²) in [7, 11) is 1.60. The van der Waals surface area contributed by atoms with Gasteiger partial charge in [0.05, 0.1) is 0 Å². The van der Waals surface area contributed by atoms with Crippen molar-refractivity contribution >= 4 is 23.3 Å². The fraction of sp³-hybridized carbons (Fsp3) is 0.133. The molecule has 5 heteroatoms. The molecule has 0 heterocycles. The average Bonchev–Trinajstić information content (AvgIpc) is 2.41. The molecule has 3 nitrogen and oxygen atoms in total. The predicted octanol–water partition coefficient (Wildman–Crippen LogP) is 4.14. The maximum atomic E-state index is 13.5. The molecule has 1 N–H and O–H groups in total. The van der Waals surface area contributed by atoms with Crippen molar-refractivity contribution in [3.63, 3.8) is 0 Å². The first kappa shape index (κ1) is 14.3. The van der Waals surface area contributed by atoms with Gasteiger partial charge in [0.2, 0.25) is 0 Å². The lowest BCUT2D eigenvalue weighted by Crippen LogP contribution is -2.31. The van der Waals surface area contributed by atoms with Gasteiger partial charge in [0.1, 0.15) is 5.82 Å². The summed E-state index contributed by atoms with van der Waals surface area (Å²) in [5, 5.41) is 3.24. The van der Waals surface area contributed by atoms with E-state index in [0.717, 1.165) is 0 Å². The number of amides is 2. The van der Waals surface area contributed by atoms with Gasteiger partial charge in [-0.2, -0.15) is 0 Å². The molecule has 2 aromatic rings. The van der Waals surface area contributed by atoms with Crippen LogP contribution in [0.3, 0.4) is 0 Å². The number of halogens is 2. The highest BCUT2D eigenvalue weighted by Crippen LogP contribution is 2.16. The zero-order valence-corrected chi connectivity index (χ0v) is 11.7. The number of urea groups is 1. The van der Waals surface area contributed by atoms with Crippen molar-refractivity contribution in [2.75, 3.05) is 12.4 Å². The molecule has 0 fully saturated rings. The van der Waals surface area contributed by atoms with E-state index >= 15 is 0 Å². The van der Waals surface area contributed by atoms with Gasteiger partial charge in [-0.05, 0) is 24.3 Å². The van der Waals surface area contributed by atoms with E-state index in [4.69, 9.17) is 11.6 Å². The molecule has 0 bridgehead atoms. The van der Waals surface area contributed by atoms with E-state index in [1.165, 1.54) is 11.0 Å². The Morgan fingerprint density at radius 3 is 2.70 bits per heavy atom. The second-order valence-corrected chi connectivity index (χ2v) is 4.82. The lowest BCUT2D eigenvalue weighted by atomic mass is 10.2. The third-order valence-corrected chi connectivity index (χ3v) is 3.02. The Balaban J connectivity index is 2.01. The Hall–Kier alpha value is -2.07. The highest BCUT2D eigenvalue weighted by molar-refractivity contribution is 6.30. The van der Waals surface area contributed by atoms with E-state index in [1.54, 1.807) is 49.5 Å². The Labute approximate surface area is 122 Å². The summed E-state index contributed by atoms with van der Waals surface area (Å²) in [4.78, 5) is 13.4. The molecule has 0 spiro atoms. The molecule has 0 unspecified atom stereocenters. The van der Waals surface area contributed by atoms with E-state index in [1.807, 2.05) is 0 Å². The molecular formula is C15H14ClFN2O. The molecule has 104 valence electrons. The van der Waals surface area contributed by atoms with Gasteiger partial charge in [-0.15, -0.1) is 0 Å². The van der Waals surface area contributed by atoms with Gasteiger partial charge in [-0.25, -0.2) is 9.18 Å². The fourth-order valence-electron chi connectivity index (χ4n) is 1.74. The molecule has 0 aliphatic rings. The molecule has 0 radical (unpaired) electrons. The zero-order valence-electron chi connectivity index (χ0n) is 10.9.